The number of amides is 1. The first kappa shape index (κ1) is 22.9. The molecular formula is C22H28BN3O5. The molecule has 31 heavy (non-hydrogen) atoms. The standard InChI is InChI=1S/C22H28BN3O5/c1-14(2)13-17(23(28)29)24-22(27)20-18(15-9-5-3-6-10-15)21(26(30)31)19(25-20)16-11-7-4-8-12-16/h3-12,14,17-21,25,28-29H,13H2,1-2H3,(H,24,27)/t17?,18-,19-,20-,21+/m0/s1. The van der Waals surface area contributed by atoms with Gasteiger partial charge in [-0.15, -0.1) is 0 Å². The molecule has 1 aliphatic rings. The molecule has 3 rings (SSSR count). The molecule has 0 saturated carbocycles. The van der Waals surface area contributed by atoms with Crippen LogP contribution >= 0.6 is 0 Å². The maximum absolute atomic E-state index is 13.3. The number of carbonyl (C=O) groups is 1. The van der Waals surface area contributed by atoms with E-state index in [9.17, 15) is 25.0 Å². The van der Waals surface area contributed by atoms with E-state index >= 15 is 0 Å². The molecule has 5 atom stereocenters. The van der Waals surface area contributed by atoms with Gasteiger partial charge in [0.2, 0.25) is 11.9 Å². The van der Waals surface area contributed by atoms with Crippen LogP contribution < -0.4 is 10.6 Å². The first-order valence-corrected chi connectivity index (χ1v) is 10.5. The highest BCUT2D eigenvalue weighted by molar-refractivity contribution is 6.43. The van der Waals surface area contributed by atoms with Crippen molar-refractivity contribution in [2.24, 2.45) is 5.92 Å². The maximum atomic E-state index is 13.3. The largest absolute Gasteiger partial charge is 0.475 e. The van der Waals surface area contributed by atoms with Gasteiger partial charge in [0.05, 0.1) is 11.9 Å². The molecule has 2 aromatic rings. The average molecular weight is 425 g/mol. The van der Waals surface area contributed by atoms with Crippen LogP contribution in [0, 0.1) is 16.0 Å². The lowest BCUT2D eigenvalue weighted by atomic mass is 9.74. The number of carbonyl (C=O) groups excluding carboxylic acids is 1. The molecule has 1 aliphatic heterocycles. The topological polar surface area (TPSA) is 125 Å². The Morgan fingerprint density at radius 3 is 2.13 bits per heavy atom. The number of hydrogen-bond donors (Lipinski definition) is 4. The molecule has 0 aromatic heterocycles. The molecule has 1 fully saturated rings. The SMILES string of the molecule is CC(C)CC(NC(=O)[C@H]1N[C@@H](c2ccccc2)[C@H]([N+](=O)[O-])[C@H]1c1ccccc1)B(O)O. The van der Waals surface area contributed by atoms with Crippen LogP contribution in [-0.2, 0) is 4.79 Å². The van der Waals surface area contributed by atoms with E-state index in [0.29, 0.717) is 12.0 Å². The van der Waals surface area contributed by atoms with Crippen molar-refractivity contribution >= 4 is 13.0 Å². The Kier molecular flexibility index (Phi) is 7.43. The second-order valence-electron chi connectivity index (χ2n) is 8.40. The van der Waals surface area contributed by atoms with Crippen LogP contribution in [0.2, 0.25) is 0 Å². The minimum atomic E-state index is -1.72. The van der Waals surface area contributed by atoms with Gasteiger partial charge in [0.15, 0.2) is 0 Å². The van der Waals surface area contributed by atoms with E-state index < -0.39 is 43.0 Å². The minimum absolute atomic E-state index is 0.122. The molecule has 0 spiro atoms. The average Bonchev–Trinajstić information content (AvgIpc) is 3.15. The quantitative estimate of drug-likeness (QED) is 0.290. The van der Waals surface area contributed by atoms with Crippen molar-refractivity contribution < 1.29 is 19.8 Å². The zero-order valence-corrected chi connectivity index (χ0v) is 17.6. The monoisotopic (exact) mass is 425 g/mol. The lowest BCUT2D eigenvalue weighted by Crippen LogP contribution is -2.53. The number of hydrogen-bond acceptors (Lipinski definition) is 6. The van der Waals surface area contributed by atoms with Crippen LogP contribution in [-0.4, -0.2) is 46.0 Å². The summed E-state index contributed by atoms with van der Waals surface area (Å²) in [5.41, 5.74) is 1.40. The van der Waals surface area contributed by atoms with Crippen LogP contribution in [0.15, 0.2) is 60.7 Å². The molecule has 2 aromatic carbocycles. The number of nitrogens with zero attached hydrogens (tertiary/aromatic N) is 1. The highest BCUT2D eigenvalue weighted by atomic mass is 16.6. The molecular weight excluding hydrogens is 397 g/mol. The smallest absolute Gasteiger partial charge is 0.426 e. The Balaban J connectivity index is 1.98. The van der Waals surface area contributed by atoms with Crippen molar-refractivity contribution in [1.29, 1.82) is 0 Å². The van der Waals surface area contributed by atoms with E-state index in [1.807, 2.05) is 26.0 Å². The highest BCUT2D eigenvalue weighted by Crippen LogP contribution is 2.40. The summed E-state index contributed by atoms with van der Waals surface area (Å²) < 4.78 is 0. The van der Waals surface area contributed by atoms with E-state index in [1.54, 1.807) is 48.5 Å². The van der Waals surface area contributed by atoms with Crippen LogP contribution in [0.3, 0.4) is 0 Å². The zero-order chi connectivity index (χ0) is 22.5. The maximum Gasteiger partial charge on any atom is 0.475 e. The molecule has 4 N–H and O–H groups in total. The molecule has 0 radical (unpaired) electrons. The summed E-state index contributed by atoms with van der Waals surface area (Å²) >= 11 is 0. The fourth-order valence-electron chi connectivity index (χ4n) is 4.35. The Morgan fingerprint density at radius 2 is 1.65 bits per heavy atom. The van der Waals surface area contributed by atoms with E-state index in [-0.39, 0.29) is 10.8 Å². The molecule has 8 nitrogen and oxygen atoms in total. The van der Waals surface area contributed by atoms with Crippen molar-refractivity contribution in [2.45, 2.75) is 50.3 Å². The van der Waals surface area contributed by atoms with E-state index in [2.05, 4.69) is 10.6 Å². The number of nitro groups is 1. The molecule has 164 valence electrons. The molecule has 1 unspecified atom stereocenters. The fraction of sp³-hybridized carbons (Fsp3) is 0.409. The number of rotatable bonds is 8. The second-order valence-corrected chi connectivity index (χ2v) is 8.40. The van der Waals surface area contributed by atoms with Crippen molar-refractivity contribution in [1.82, 2.24) is 10.6 Å². The molecule has 1 heterocycles. The van der Waals surface area contributed by atoms with Gasteiger partial charge in [-0.1, -0.05) is 74.5 Å². The first-order chi connectivity index (χ1) is 14.8. The Labute approximate surface area is 182 Å². The fourth-order valence-corrected chi connectivity index (χ4v) is 4.35. The summed E-state index contributed by atoms with van der Waals surface area (Å²) in [7, 11) is -1.72. The predicted molar refractivity (Wildman–Crippen MR) is 118 cm³/mol. The summed E-state index contributed by atoms with van der Waals surface area (Å²) in [5, 5.41) is 37.5. The van der Waals surface area contributed by atoms with Gasteiger partial charge in [-0.25, -0.2) is 0 Å². The Morgan fingerprint density at radius 1 is 1.10 bits per heavy atom. The number of benzene rings is 2. The Bertz CT molecular complexity index is 881. The van der Waals surface area contributed by atoms with Crippen LogP contribution in [0.5, 0.6) is 0 Å². The first-order valence-electron chi connectivity index (χ1n) is 10.5. The molecule has 9 heteroatoms. The van der Waals surface area contributed by atoms with Crippen LogP contribution in [0.1, 0.15) is 43.4 Å². The lowest BCUT2D eigenvalue weighted by molar-refractivity contribution is -0.527. The van der Waals surface area contributed by atoms with Gasteiger partial charge in [0, 0.05) is 4.92 Å². The van der Waals surface area contributed by atoms with E-state index in [1.165, 1.54) is 0 Å². The van der Waals surface area contributed by atoms with E-state index in [0.717, 1.165) is 5.56 Å². The van der Waals surface area contributed by atoms with Crippen molar-refractivity contribution in [3.05, 3.63) is 81.9 Å². The molecule has 0 bridgehead atoms. The van der Waals surface area contributed by atoms with Gasteiger partial charge in [-0.2, -0.15) is 0 Å². The summed E-state index contributed by atoms with van der Waals surface area (Å²) in [6, 6.07) is 15.4. The summed E-state index contributed by atoms with van der Waals surface area (Å²) in [5.74, 6) is -1.96. The van der Waals surface area contributed by atoms with Gasteiger partial charge < -0.3 is 15.4 Å². The van der Waals surface area contributed by atoms with Gasteiger partial charge in [-0.05, 0) is 23.5 Å². The molecule has 1 amide bonds. The van der Waals surface area contributed by atoms with Gasteiger partial charge >= 0.3 is 7.12 Å². The normalized spacial score (nSPS) is 24.0. The van der Waals surface area contributed by atoms with Crippen LogP contribution in [0.25, 0.3) is 0 Å². The van der Waals surface area contributed by atoms with Gasteiger partial charge in [0.25, 0.3) is 0 Å². The summed E-state index contributed by atoms with van der Waals surface area (Å²) in [4.78, 5) is 25.1. The Hall–Kier alpha value is -2.75. The highest BCUT2D eigenvalue weighted by Gasteiger charge is 2.54. The van der Waals surface area contributed by atoms with Gasteiger partial charge in [-0.3, -0.25) is 20.2 Å². The third kappa shape index (κ3) is 5.30. The lowest BCUT2D eigenvalue weighted by Gasteiger charge is -2.24. The predicted octanol–water partition coefficient (Wildman–Crippen LogP) is 1.67. The zero-order valence-electron chi connectivity index (χ0n) is 17.6. The van der Waals surface area contributed by atoms with E-state index in [4.69, 9.17) is 0 Å². The van der Waals surface area contributed by atoms with Crippen LogP contribution in [0.4, 0.5) is 0 Å². The van der Waals surface area contributed by atoms with Gasteiger partial charge in [0.1, 0.15) is 12.1 Å². The van der Waals surface area contributed by atoms with Crippen molar-refractivity contribution in [3.8, 4) is 0 Å². The van der Waals surface area contributed by atoms with Crippen molar-refractivity contribution in [3.63, 3.8) is 0 Å². The number of nitrogens with one attached hydrogen (secondary N) is 2. The minimum Gasteiger partial charge on any atom is -0.426 e. The summed E-state index contributed by atoms with van der Waals surface area (Å²) in [6.07, 6.45) is 0.368. The third-order valence-electron chi connectivity index (χ3n) is 5.71. The molecule has 0 aliphatic carbocycles. The summed E-state index contributed by atoms with van der Waals surface area (Å²) in [6.45, 7) is 3.83. The second kappa shape index (κ2) is 10.0. The molecule has 1 saturated heterocycles. The third-order valence-corrected chi connectivity index (χ3v) is 5.71. The van der Waals surface area contributed by atoms with Crippen molar-refractivity contribution in [2.75, 3.05) is 0 Å².